The van der Waals surface area contributed by atoms with Gasteiger partial charge in [0.2, 0.25) is 0 Å². The number of rotatable bonds is 6. The number of nitrogens with zero attached hydrogens (tertiary/aromatic N) is 4. The Morgan fingerprint density at radius 1 is 1.08 bits per heavy atom. The Bertz CT molecular complexity index is 660. The number of likely N-dealkylation sites (N-methyl/N-ethyl adjacent to an activating group) is 1. The van der Waals surface area contributed by atoms with Gasteiger partial charge in [-0.15, -0.1) is 0 Å². The molecule has 0 radical (unpaired) electrons. The Hall–Kier alpha value is -1.68. The highest BCUT2D eigenvalue weighted by atomic mass is 15.4. The summed E-state index contributed by atoms with van der Waals surface area (Å²) in [5.41, 5.74) is 1.38. The Kier molecular flexibility index (Phi) is 4.65. The van der Waals surface area contributed by atoms with Gasteiger partial charge in [-0.2, -0.15) is 5.10 Å². The van der Waals surface area contributed by atoms with Gasteiger partial charge in [-0.05, 0) is 50.8 Å². The molecule has 1 aromatic heterocycles. The van der Waals surface area contributed by atoms with Crippen LogP contribution in [-0.4, -0.2) is 39.3 Å². The van der Waals surface area contributed by atoms with Crippen LogP contribution in [0, 0.1) is 0 Å². The molecule has 0 bridgehead atoms. The predicted octanol–water partition coefficient (Wildman–Crippen LogP) is 3.60. The largest absolute Gasteiger partial charge is 0.303 e. The van der Waals surface area contributed by atoms with Crippen LogP contribution in [0.3, 0.4) is 0 Å². The predicted molar refractivity (Wildman–Crippen MR) is 96.2 cm³/mol. The molecule has 4 rings (SSSR count). The molecule has 2 aliphatic rings. The molecule has 1 unspecified atom stereocenters. The third-order valence-electron chi connectivity index (χ3n) is 5.43. The minimum absolute atomic E-state index is 0.550. The standard InChI is InChI=1S/C20H28N4/c1-2-23-13-6-9-18(15-23)20-21-19(17-10-11-17)22-24(20)14-12-16-7-4-3-5-8-16/h3-5,7-8,17-18H,2,6,9-15H2,1H3. The fraction of sp³-hybridized carbons (Fsp3) is 0.600. The van der Waals surface area contributed by atoms with Crippen LogP contribution in [0.1, 0.15) is 61.7 Å². The van der Waals surface area contributed by atoms with E-state index in [0.717, 1.165) is 31.9 Å². The van der Waals surface area contributed by atoms with Crippen molar-refractivity contribution >= 4 is 0 Å². The summed E-state index contributed by atoms with van der Waals surface area (Å²) in [5, 5.41) is 4.90. The van der Waals surface area contributed by atoms with Crippen molar-refractivity contribution in [2.24, 2.45) is 0 Å². The van der Waals surface area contributed by atoms with Crippen molar-refractivity contribution in [3.05, 3.63) is 47.5 Å². The first-order valence-electron chi connectivity index (χ1n) is 9.54. The summed E-state index contributed by atoms with van der Waals surface area (Å²) in [7, 11) is 0. The molecule has 2 aromatic rings. The highest BCUT2D eigenvalue weighted by Crippen LogP contribution is 2.39. The summed E-state index contributed by atoms with van der Waals surface area (Å²) in [6.07, 6.45) is 6.11. The minimum Gasteiger partial charge on any atom is -0.303 e. The molecule has 1 aliphatic carbocycles. The zero-order valence-corrected chi connectivity index (χ0v) is 14.7. The van der Waals surface area contributed by atoms with Crippen LogP contribution >= 0.6 is 0 Å². The fourth-order valence-electron chi connectivity index (χ4n) is 3.79. The zero-order chi connectivity index (χ0) is 16.4. The lowest BCUT2D eigenvalue weighted by Gasteiger charge is -2.31. The van der Waals surface area contributed by atoms with Crippen LogP contribution in [0.25, 0.3) is 0 Å². The van der Waals surface area contributed by atoms with Crippen molar-refractivity contribution in [3.63, 3.8) is 0 Å². The monoisotopic (exact) mass is 324 g/mol. The van der Waals surface area contributed by atoms with E-state index in [1.54, 1.807) is 0 Å². The van der Waals surface area contributed by atoms with E-state index in [2.05, 4.69) is 46.8 Å². The van der Waals surface area contributed by atoms with Crippen LogP contribution in [0.4, 0.5) is 0 Å². The molecule has 4 heteroatoms. The number of aromatic nitrogens is 3. The molecular weight excluding hydrogens is 296 g/mol. The normalized spacial score (nSPS) is 22.0. The van der Waals surface area contributed by atoms with Gasteiger partial charge in [0.25, 0.3) is 0 Å². The second-order valence-corrected chi connectivity index (χ2v) is 7.29. The summed E-state index contributed by atoms with van der Waals surface area (Å²) in [6, 6.07) is 10.7. The quantitative estimate of drug-likeness (QED) is 0.814. The van der Waals surface area contributed by atoms with E-state index in [1.165, 1.54) is 43.6 Å². The third kappa shape index (κ3) is 3.54. The second-order valence-electron chi connectivity index (χ2n) is 7.29. The molecular formula is C20H28N4. The molecule has 4 nitrogen and oxygen atoms in total. The van der Waals surface area contributed by atoms with Gasteiger partial charge in [-0.25, -0.2) is 9.67 Å². The van der Waals surface area contributed by atoms with Gasteiger partial charge in [0.15, 0.2) is 5.82 Å². The highest BCUT2D eigenvalue weighted by molar-refractivity contribution is 5.15. The second kappa shape index (κ2) is 7.06. The summed E-state index contributed by atoms with van der Waals surface area (Å²) in [4.78, 5) is 7.56. The maximum absolute atomic E-state index is 5.00. The van der Waals surface area contributed by atoms with E-state index < -0.39 is 0 Å². The van der Waals surface area contributed by atoms with Gasteiger partial charge in [-0.3, -0.25) is 0 Å². The molecule has 24 heavy (non-hydrogen) atoms. The number of hydrogen-bond donors (Lipinski definition) is 0. The topological polar surface area (TPSA) is 34.0 Å². The summed E-state index contributed by atoms with van der Waals surface area (Å²) in [5.74, 6) is 3.53. The molecule has 2 heterocycles. The first-order chi connectivity index (χ1) is 11.8. The van der Waals surface area contributed by atoms with E-state index >= 15 is 0 Å². The average Bonchev–Trinajstić information content (AvgIpc) is 3.41. The van der Waals surface area contributed by atoms with E-state index in [1.807, 2.05) is 0 Å². The van der Waals surface area contributed by atoms with Gasteiger partial charge < -0.3 is 4.90 Å². The van der Waals surface area contributed by atoms with Crippen LogP contribution in [-0.2, 0) is 13.0 Å². The fourth-order valence-corrected chi connectivity index (χ4v) is 3.79. The minimum atomic E-state index is 0.550. The van der Waals surface area contributed by atoms with Crippen molar-refractivity contribution in [1.82, 2.24) is 19.7 Å². The van der Waals surface area contributed by atoms with Gasteiger partial charge in [0.05, 0.1) is 0 Å². The van der Waals surface area contributed by atoms with Crippen molar-refractivity contribution in [2.45, 2.75) is 57.4 Å². The molecule has 0 spiro atoms. The molecule has 2 fully saturated rings. The molecule has 128 valence electrons. The van der Waals surface area contributed by atoms with E-state index in [-0.39, 0.29) is 0 Å². The smallest absolute Gasteiger partial charge is 0.154 e. The maximum atomic E-state index is 5.00. The molecule has 1 saturated carbocycles. The van der Waals surface area contributed by atoms with Gasteiger partial charge in [0.1, 0.15) is 5.82 Å². The Labute approximate surface area is 144 Å². The first kappa shape index (κ1) is 15.8. The maximum Gasteiger partial charge on any atom is 0.154 e. The van der Waals surface area contributed by atoms with Crippen molar-refractivity contribution < 1.29 is 0 Å². The lowest BCUT2D eigenvalue weighted by atomic mass is 9.97. The van der Waals surface area contributed by atoms with Crippen LogP contribution in [0.2, 0.25) is 0 Å². The molecule has 0 amide bonds. The first-order valence-corrected chi connectivity index (χ1v) is 9.54. The van der Waals surface area contributed by atoms with Crippen molar-refractivity contribution in [3.8, 4) is 0 Å². The molecule has 1 aromatic carbocycles. The molecule has 0 N–H and O–H groups in total. The number of aryl methyl sites for hydroxylation is 2. The summed E-state index contributed by atoms with van der Waals surface area (Å²) < 4.78 is 2.23. The zero-order valence-electron chi connectivity index (χ0n) is 14.7. The van der Waals surface area contributed by atoms with Crippen LogP contribution in [0.5, 0.6) is 0 Å². The molecule has 1 saturated heterocycles. The van der Waals surface area contributed by atoms with Crippen LogP contribution < -0.4 is 0 Å². The van der Waals surface area contributed by atoms with Crippen molar-refractivity contribution in [2.75, 3.05) is 19.6 Å². The van der Waals surface area contributed by atoms with Gasteiger partial charge >= 0.3 is 0 Å². The van der Waals surface area contributed by atoms with E-state index in [9.17, 15) is 0 Å². The SMILES string of the molecule is CCN1CCCC(c2nc(C3CC3)nn2CCc2ccccc2)C1. The van der Waals surface area contributed by atoms with Gasteiger partial charge in [0, 0.05) is 24.9 Å². The van der Waals surface area contributed by atoms with E-state index in [4.69, 9.17) is 10.1 Å². The Morgan fingerprint density at radius 3 is 2.67 bits per heavy atom. The van der Waals surface area contributed by atoms with Crippen molar-refractivity contribution in [1.29, 1.82) is 0 Å². The highest BCUT2D eigenvalue weighted by Gasteiger charge is 2.31. The number of likely N-dealkylation sites (tertiary alicyclic amines) is 1. The van der Waals surface area contributed by atoms with E-state index in [0.29, 0.717) is 11.8 Å². The van der Waals surface area contributed by atoms with Gasteiger partial charge in [-0.1, -0.05) is 37.3 Å². The number of benzene rings is 1. The average molecular weight is 324 g/mol. The number of hydrogen-bond acceptors (Lipinski definition) is 3. The Morgan fingerprint density at radius 2 is 1.92 bits per heavy atom. The lowest BCUT2D eigenvalue weighted by Crippen LogP contribution is -2.35. The molecule has 1 aliphatic heterocycles. The van der Waals surface area contributed by atoms with Crippen LogP contribution in [0.15, 0.2) is 30.3 Å². The lowest BCUT2D eigenvalue weighted by molar-refractivity contribution is 0.211. The Balaban J connectivity index is 1.53. The summed E-state index contributed by atoms with van der Waals surface area (Å²) in [6.45, 7) is 6.73. The molecule has 1 atom stereocenters. The third-order valence-corrected chi connectivity index (χ3v) is 5.43. The summed E-state index contributed by atoms with van der Waals surface area (Å²) >= 11 is 0. The number of piperidine rings is 1.